The summed E-state index contributed by atoms with van der Waals surface area (Å²) in [6.45, 7) is 2.27. The van der Waals surface area contributed by atoms with Gasteiger partial charge in [0, 0.05) is 22.9 Å². The summed E-state index contributed by atoms with van der Waals surface area (Å²) in [7, 11) is 0. The Kier molecular flexibility index (Phi) is 2.44. The lowest BCUT2D eigenvalue weighted by Crippen LogP contribution is -2.55. The van der Waals surface area contributed by atoms with Crippen LogP contribution in [-0.2, 0) is 16.6 Å². The number of aryl methyl sites for hydroxylation is 1. The zero-order chi connectivity index (χ0) is 12.0. The first-order chi connectivity index (χ1) is 8.09. The highest BCUT2D eigenvalue weighted by atomic mass is 35.5. The standard InChI is InChI=1S/C14H16ClNO/c1-14-7-6-13(17)16-12(14)5-2-9-8-10(15)3-4-11(9)14/h3-4,8,12H,2,5-7H2,1H3,(H,16,17)/t12-,14?/m1/s1. The molecule has 1 saturated heterocycles. The zero-order valence-corrected chi connectivity index (χ0v) is 10.7. The third-order valence-electron chi connectivity index (χ3n) is 4.36. The van der Waals surface area contributed by atoms with Gasteiger partial charge < -0.3 is 5.32 Å². The average molecular weight is 250 g/mol. The Morgan fingerprint density at radius 1 is 1.41 bits per heavy atom. The highest BCUT2D eigenvalue weighted by Gasteiger charge is 2.43. The highest BCUT2D eigenvalue weighted by molar-refractivity contribution is 6.30. The SMILES string of the molecule is CC12CCC(=O)N[C@@H]1CCc1cc(Cl)ccc12. The second kappa shape index (κ2) is 3.74. The quantitative estimate of drug-likeness (QED) is 0.753. The van der Waals surface area contributed by atoms with Gasteiger partial charge in [-0.1, -0.05) is 24.6 Å². The van der Waals surface area contributed by atoms with Crippen molar-refractivity contribution in [3.8, 4) is 0 Å². The fraction of sp³-hybridized carbons (Fsp3) is 0.500. The lowest BCUT2D eigenvalue weighted by molar-refractivity contribution is -0.125. The summed E-state index contributed by atoms with van der Waals surface area (Å²) in [6.07, 6.45) is 3.61. The number of amides is 1. The monoisotopic (exact) mass is 249 g/mol. The van der Waals surface area contributed by atoms with Crippen LogP contribution in [0.15, 0.2) is 18.2 Å². The maximum Gasteiger partial charge on any atom is 0.220 e. The Morgan fingerprint density at radius 2 is 2.24 bits per heavy atom. The fourth-order valence-corrected chi connectivity index (χ4v) is 3.51. The minimum Gasteiger partial charge on any atom is -0.352 e. The molecule has 3 heteroatoms. The number of carbonyl (C=O) groups is 1. The first-order valence-corrected chi connectivity index (χ1v) is 6.56. The van der Waals surface area contributed by atoms with Crippen molar-refractivity contribution in [3.63, 3.8) is 0 Å². The molecule has 1 heterocycles. The van der Waals surface area contributed by atoms with E-state index >= 15 is 0 Å². The van der Waals surface area contributed by atoms with Crippen LogP contribution < -0.4 is 5.32 Å². The van der Waals surface area contributed by atoms with Crippen LogP contribution >= 0.6 is 11.6 Å². The van der Waals surface area contributed by atoms with Crippen LogP contribution in [0.1, 0.15) is 37.3 Å². The third kappa shape index (κ3) is 1.66. The summed E-state index contributed by atoms with van der Waals surface area (Å²) in [5.41, 5.74) is 2.82. The minimum atomic E-state index is 0.0894. The smallest absolute Gasteiger partial charge is 0.220 e. The molecule has 17 heavy (non-hydrogen) atoms. The first kappa shape index (κ1) is 11.1. The van der Waals surface area contributed by atoms with Gasteiger partial charge in [0.15, 0.2) is 0 Å². The molecular weight excluding hydrogens is 234 g/mol. The van der Waals surface area contributed by atoms with Gasteiger partial charge in [0.1, 0.15) is 0 Å². The lowest BCUT2D eigenvalue weighted by Gasteiger charge is -2.46. The summed E-state index contributed by atoms with van der Waals surface area (Å²) in [5, 5.41) is 3.95. The Hall–Kier alpha value is -1.02. The van der Waals surface area contributed by atoms with Crippen LogP contribution in [0, 0.1) is 0 Å². The maximum atomic E-state index is 11.5. The molecule has 2 aliphatic rings. The Labute approximate surface area is 106 Å². The number of benzene rings is 1. The average Bonchev–Trinajstić information content (AvgIpc) is 2.30. The van der Waals surface area contributed by atoms with E-state index in [0.29, 0.717) is 6.42 Å². The molecule has 3 rings (SSSR count). The molecule has 1 amide bonds. The van der Waals surface area contributed by atoms with E-state index in [2.05, 4.69) is 24.4 Å². The summed E-state index contributed by atoms with van der Waals surface area (Å²) >= 11 is 6.05. The van der Waals surface area contributed by atoms with E-state index in [1.165, 1.54) is 11.1 Å². The molecule has 0 aromatic heterocycles. The summed E-state index contributed by atoms with van der Waals surface area (Å²) < 4.78 is 0. The van der Waals surface area contributed by atoms with Crippen LogP contribution in [0.5, 0.6) is 0 Å². The van der Waals surface area contributed by atoms with Gasteiger partial charge in [-0.2, -0.15) is 0 Å². The van der Waals surface area contributed by atoms with Crippen molar-refractivity contribution >= 4 is 17.5 Å². The second-order valence-corrected chi connectivity index (χ2v) is 5.81. The van der Waals surface area contributed by atoms with Crippen molar-refractivity contribution in [2.75, 3.05) is 0 Å². The molecule has 0 spiro atoms. The Morgan fingerprint density at radius 3 is 3.06 bits per heavy atom. The first-order valence-electron chi connectivity index (χ1n) is 6.18. The molecule has 2 atom stereocenters. The van der Waals surface area contributed by atoms with Crippen LogP contribution in [0.2, 0.25) is 5.02 Å². The van der Waals surface area contributed by atoms with E-state index < -0.39 is 0 Å². The van der Waals surface area contributed by atoms with E-state index in [4.69, 9.17) is 11.6 Å². The zero-order valence-electron chi connectivity index (χ0n) is 9.92. The van der Waals surface area contributed by atoms with Gasteiger partial charge in [-0.15, -0.1) is 0 Å². The molecular formula is C14H16ClNO. The molecule has 1 aliphatic heterocycles. The Bertz CT molecular complexity index is 485. The molecule has 0 radical (unpaired) electrons. The van der Waals surface area contributed by atoms with E-state index in [0.717, 1.165) is 24.3 Å². The van der Waals surface area contributed by atoms with Crippen molar-refractivity contribution in [2.24, 2.45) is 0 Å². The Balaban J connectivity index is 2.07. The number of halogens is 1. The number of nitrogens with one attached hydrogen (secondary N) is 1. The second-order valence-electron chi connectivity index (χ2n) is 5.38. The number of rotatable bonds is 0. The number of fused-ring (bicyclic) bond motifs is 3. The van der Waals surface area contributed by atoms with Gasteiger partial charge >= 0.3 is 0 Å². The molecule has 0 saturated carbocycles. The summed E-state index contributed by atoms with van der Waals surface area (Å²) in [5.74, 6) is 0.199. The molecule has 1 aromatic rings. The number of hydrogen-bond donors (Lipinski definition) is 1. The number of carbonyl (C=O) groups excluding carboxylic acids is 1. The van der Waals surface area contributed by atoms with E-state index in [-0.39, 0.29) is 17.4 Å². The molecule has 1 fully saturated rings. The van der Waals surface area contributed by atoms with Gasteiger partial charge in [-0.25, -0.2) is 0 Å². The van der Waals surface area contributed by atoms with Crippen molar-refractivity contribution in [2.45, 2.75) is 44.1 Å². The topological polar surface area (TPSA) is 29.1 Å². The van der Waals surface area contributed by atoms with E-state index in [9.17, 15) is 4.79 Å². The predicted octanol–water partition coefficient (Wildman–Crippen LogP) is 2.82. The normalized spacial score (nSPS) is 31.4. The number of piperidine rings is 1. The maximum absolute atomic E-state index is 11.5. The fourth-order valence-electron chi connectivity index (χ4n) is 3.31. The van der Waals surface area contributed by atoms with Gasteiger partial charge in [0.25, 0.3) is 0 Å². The van der Waals surface area contributed by atoms with Gasteiger partial charge in [0.2, 0.25) is 5.91 Å². The molecule has 1 N–H and O–H groups in total. The summed E-state index contributed by atoms with van der Waals surface area (Å²) in [4.78, 5) is 11.5. The summed E-state index contributed by atoms with van der Waals surface area (Å²) in [6, 6.07) is 6.47. The molecule has 90 valence electrons. The predicted molar refractivity (Wildman–Crippen MR) is 68.3 cm³/mol. The lowest BCUT2D eigenvalue weighted by atomic mass is 9.64. The molecule has 1 aliphatic carbocycles. The highest BCUT2D eigenvalue weighted by Crippen LogP contribution is 2.43. The minimum absolute atomic E-state index is 0.0894. The van der Waals surface area contributed by atoms with Crippen LogP contribution in [-0.4, -0.2) is 11.9 Å². The van der Waals surface area contributed by atoms with E-state index in [1.54, 1.807) is 0 Å². The van der Waals surface area contributed by atoms with Crippen molar-refractivity contribution in [1.29, 1.82) is 0 Å². The van der Waals surface area contributed by atoms with Gasteiger partial charge in [-0.05, 0) is 42.5 Å². The van der Waals surface area contributed by atoms with Crippen molar-refractivity contribution < 1.29 is 4.79 Å². The molecule has 1 unspecified atom stereocenters. The van der Waals surface area contributed by atoms with E-state index in [1.807, 2.05) is 6.07 Å². The molecule has 0 bridgehead atoms. The van der Waals surface area contributed by atoms with Crippen LogP contribution in [0.25, 0.3) is 0 Å². The van der Waals surface area contributed by atoms with Crippen molar-refractivity contribution in [3.05, 3.63) is 34.3 Å². The van der Waals surface area contributed by atoms with Crippen LogP contribution in [0.4, 0.5) is 0 Å². The van der Waals surface area contributed by atoms with Crippen molar-refractivity contribution in [1.82, 2.24) is 5.32 Å². The van der Waals surface area contributed by atoms with Gasteiger partial charge in [0.05, 0.1) is 0 Å². The largest absolute Gasteiger partial charge is 0.352 e. The molecule has 1 aromatic carbocycles. The number of hydrogen-bond acceptors (Lipinski definition) is 1. The van der Waals surface area contributed by atoms with Gasteiger partial charge in [-0.3, -0.25) is 4.79 Å². The molecule has 2 nitrogen and oxygen atoms in total. The van der Waals surface area contributed by atoms with Crippen LogP contribution in [0.3, 0.4) is 0 Å². The third-order valence-corrected chi connectivity index (χ3v) is 4.60.